The van der Waals surface area contributed by atoms with Crippen molar-refractivity contribution in [1.29, 1.82) is 5.26 Å². The third kappa shape index (κ3) is 2.88. The fourth-order valence-electron chi connectivity index (χ4n) is 1.47. The zero-order valence-electron chi connectivity index (χ0n) is 10.1. The quantitative estimate of drug-likeness (QED) is 0.795. The summed E-state index contributed by atoms with van der Waals surface area (Å²) in [7, 11) is 1.82. The van der Waals surface area contributed by atoms with Gasteiger partial charge in [0, 0.05) is 23.7 Å². The lowest BCUT2D eigenvalue weighted by Crippen LogP contribution is -1.90. The summed E-state index contributed by atoms with van der Waals surface area (Å²) in [4.78, 5) is 4.28. The zero-order chi connectivity index (χ0) is 13.0. The highest BCUT2D eigenvalue weighted by Gasteiger charge is 1.98. The molecule has 4 heteroatoms. The minimum Gasteiger partial charge on any atom is -0.388 e. The number of nitriles is 1. The van der Waals surface area contributed by atoms with Crippen LogP contribution >= 0.6 is 11.3 Å². The molecule has 3 nitrogen and oxygen atoms in total. The van der Waals surface area contributed by atoms with Crippen LogP contribution in [0.15, 0.2) is 23.6 Å². The van der Waals surface area contributed by atoms with Gasteiger partial charge in [0.25, 0.3) is 0 Å². The van der Waals surface area contributed by atoms with Crippen LogP contribution in [0.25, 0.3) is 0 Å². The Labute approximate surface area is 110 Å². The molecular formula is C14H11N3S. The second kappa shape index (κ2) is 5.35. The lowest BCUT2D eigenvalue weighted by atomic mass is 10.1. The number of nitrogens with zero attached hydrogens (tertiary/aromatic N) is 2. The number of nitrogens with one attached hydrogen (secondary N) is 1. The summed E-state index contributed by atoms with van der Waals surface area (Å²) in [6.45, 7) is 1.95. The van der Waals surface area contributed by atoms with Crippen LogP contribution < -0.4 is 5.32 Å². The maximum atomic E-state index is 8.93. The molecule has 88 valence electrons. The van der Waals surface area contributed by atoms with E-state index in [9.17, 15) is 0 Å². The molecule has 0 fully saturated rings. The van der Waals surface area contributed by atoms with Crippen molar-refractivity contribution in [2.24, 2.45) is 0 Å². The van der Waals surface area contributed by atoms with Crippen LogP contribution in [0.2, 0.25) is 0 Å². The average Bonchev–Trinajstić information content (AvgIpc) is 2.81. The van der Waals surface area contributed by atoms with Gasteiger partial charge in [-0.1, -0.05) is 5.92 Å². The molecule has 0 aliphatic carbocycles. The third-order valence-electron chi connectivity index (χ3n) is 2.30. The van der Waals surface area contributed by atoms with E-state index in [1.807, 2.05) is 25.4 Å². The Bertz CT molecular complexity index is 668. The molecule has 0 amide bonds. The van der Waals surface area contributed by atoms with Crippen LogP contribution in [0.5, 0.6) is 0 Å². The molecule has 1 heterocycles. The van der Waals surface area contributed by atoms with Crippen LogP contribution in [0.4, 0.5) is 5.69 Å². The molecule has 0 radical (unpaired) electrons. The SMILES string of the molecule is CNc1cc(C#N)cc(C#Cc2csc(C)n2)c1. The number of thiazole rings is 1. The highest BCUT2D eigenvalue weighted by atomic mass is 32.1. The van der Waals surface area contributed by atoms with Crippen LogP contribution in [0.3, 0.4) is 0 Å². The molecule has 0 unspecified atom stereocenters. The van der Waals surface area contributed by atoms with Crippen LogP contribution in [0, 0.1) is 30.1 Å². The van der Waals surface area contributed by atoms with Crippen LogP contribution in [0.1, 0.15) is 21.8 Å². The van der Waals surface area contributed by atoms with E-state index in [1.165, 1.54) is 0 Å². The molecule has 0 saturated heterocycles. The maximum absolute atomic E-state index is 8.93. The van der Waals surface area contributed by atoms with E-state index < -0.39 is 0 Å². The maximum Gasteiger partial charge on any atom is 0.124 e. The van der Waals surface area contributed by atoms with E-state index >= 15 is 0 Å². The highest BCUT2D eigenvalue weighted by Crippen LogP contribution is 2.13. The van der Waals surface area contributed by atoms with E-state index in [0.29, 0.717) is 5.56 Å². The van der Waals surface area contributed by atoms with Crippen molar-refractivity contribution in [3.8, 4) is 17.9 Å². The first-order valence-electron chi connectivity index (χ1n) is 5.38. The minimum atomic E-state index is 0.598. The van der Waals surface area contributed by atoms with Crippen molar-refractivity contribution >= 4 is 17.0 Å². The Morgan fingerprint density at radius 2 is 2.00 bits per heavy atom. The van der Waals surface area contributed by atoms with Gasteiger partial charge in [-0.3, -0.25) is 0 Å². The number of aromatic nitrogens is 1. The van der Waals surface area contributed by atoms with Crippen LogP contribution in [-0.2, 0) is 0 Å². The molecule has 2 aromatic rings. The second-order valence-corrected chi connectivity index (χ2v) is 4.72. The van der Waals surface area contributed by atoms with E-state index in [0.717, 1.165) is 22.0 Å². The number of benzene rings is 1. The molecule has 1 aromatic heterocycles. The van der Waals surface area contributed by atoms with Gasteiger partial charge in [-0.25, -0.2) is 4.98 Å². The van der Waals surface area contributed by atoms with Gasteiger partial charge in [0.2, 0.25) is 0 Å². The highest BCUT2D eigenvalue weighted by molar-refractivity contribution is 7.09. The van der Waals surface area contributed by atoms with Gasteiger partial charge in [0.15, 0.2) is 0 Å². The molecule has 18 heavy (non-hydrogen) atoms. The summed E-state index contributed by atoms with van der Waals surface area (Å²) in [5, 5.41) is 14.9. The van der Waals surface area contributed by atoms with E-state index in [4.69, 9.17) is 5.26 Å². The number of aryl methyl sites for hydroxylation is 1. The smallest absolute Gasteiger partial charge is 0.124 e. The van der Waals surface area contributed by atoms with Gasteiger partial charge in [-0.2, -0.15) is 5.26 Å². The summed E-state index contributed by atoms with van der Waals surface area (Å²) in [5.41, 5.74) is 3.06. The number of rotatable bonds is 1. The first-order valence-corrected chi connectivity index (χ1v) is 6.26. The average molecular weight is 253 g/mol. The number of anilines is 1. The van der Waals surface area contributed by atoms with Crippen molar-refractivity contribution < 1.29 is 0 Å². The first-order chi connectivity index (χ1) is 8.71. The Balaban J connectivity index is 2.35. The van der Waals surface area contributed by atoms with Crippen molar-refractivity contribution in [1.82, 2.24) is 4.98 Å². The molecule has 0 aliphatic rings. The van der Waals surface area contributed by atoms with E-state index in [-0.39, 0.29) is 0 Å². The standard InChI is InChI=1S/C14H11N3S/c1-10-17-13(9-18-10)4-3-11-5-12(8-15)7-14(6-11)16-2/h5-7,9,16H,1-2H3. The molecule has 0 saturated carbocycles. The minimum absolute atomic E-state index is 0.598. The van der Waals surface area contributed by atoms with Crippen LogP contribution in [-0.4, -0.2) is 12.0 Å². The van der Waals surface area contributed by atoms with Gasteiger partial charge in [0.05, 0.1) is 16.6 Å². The normalized spacial score (nSPS) is 9.17. The Hall–Kier alpha value is -2.30. The zero-order valence-corrected chi connectivity index (χ0v) is 10.9. The topological polar surface area (TPSA) is 48.7 Å². The molecule has 2 rings (SSSR count). The fourth-order valence-corrected chi connectivity index (χ4v) is 2.01. The predicted molar refractivity (Wildman–Crippen MR) is 73.5 cm³/mol. The summed E-state index contributed by atoms with van der Waals surface area (Å²) < 4.78 is 0. The molecular weight excluding hydrogens is 242 g/mol. The molecule has 0 atom stereocenters. The number of hydrogen-bond donors (Lipinski definition) is 1. The van der Waals surface area contributed by atoms with Gasteiger partial charge < -0.3 is 5.32 Å². The predicted octanol–water partition coefficient (Wildman–Crippen LogP) is 2.76. The first kappa shape index (κ1) is 12.2. The van der Waals surface area contributed by atoms with Crippen molar-refractivity contribution in [3.63, 3.8) is 0 Å². The van der Waals surface area contributed by atoms with Gasteiger partial charge in [-0.15, -0.1) is 11.3 Å². The fraction of sp³-hybridized carbons (Fsp3) is 0.143. The largest absolute Gasteiger partial charge is 0.388 e. The van der Waals surface area contributed by atoms with E-state index in [2.05, 4.69) is 28.2 Å². The molecule has 1 aromatic carbocycles. The lowest BCUT2D eigenvalue weighted by molar-refractivity contribution is 1.27. The molecule has 1 N–H and O–H groups in total. The van der Waals surface area contributed by atoms with Gasteiger partial charge in [-0.05, 0) is 31.0 Å². The molecule has 0 spiro atoms. The summed E-state index contributed by atoms with van der Waals surface area (Å²) in [6.07, 6.45) is 0. The third-order valence-corrected chi connectivity index (χ3v) is 3.08. The van der Waals surface area contributed by atoms with Gasteiger partial charge >= 0.3 is 0 Å². The lowest BCUT2D eigenvalue weighted by Gasteiger charge is -2.00. The van der Waals surface area contributed by atoms with E-state index in [1.54, 1.807) is 23.5 Å². The molecule has 0 bridgehead atoms. The Morgan fingerprint density at radius 3 is 2.61 bits per heavy atom. The Kier molecular flexibility index (Phi) is 3.62. The van der Waals surface area contributed by atoms with Gasteiger partial charge in [0.1, 0.15) is 5.69 Å². The summed E-state index contributed by atoms with van der Waals surface area (Å²) >= 11 is 1.58. The molecule has 0 aliphatic heterocycles. The van der Waals surface area contributed by atoms with Crippen molar-refractivity contribution in [3.05, 3.63) is 45.4 Å². The summed E-state index contributed by atoms with van der Waals surface area (Å²) in [5.74, 6) is 6.02. The second-order valence-electron chi connectivity index (χ2n) is 3.66. The van der Waals surface area contributed by atoms with Crippen molar-refractivity contribution in [2.75, 3.05) is 12.4 Å². The van der Waals surface area contributed by atoms with Crippen molar-refractivity contribution in [2.45, 2.75) is 6.92 Å². The summed E-state index contributed by atoms with van der Waals surface area (Å²) in [6, 6.07) is 7.59. The monoisotopic (exact) mass is 253 g/mol. The Morgan fingerprint density at radius 1 is 1.22 bits per heavy atom. The number of hydrogen-bond acceptors (Lipinski definition) is 4.